The molecule has 0 saturated carbocycles. The van der Waals surface area contributed by atoms with Crippen LogP contribution in [0, 0.1) is 0 Å². The van der Waals surface area contributed by atoms with Crippen LogP contribution < -0.4 is 15.0 Å². The summed E-state index contributed by atoms with van der Waals surface area (Å²) >= 11 is 0. The van der Waals surface area contributed by atoms with Crippen LogP contribution in [0.1, 0.15) is 0 Å². The minimum Gasteiger partial charge on any atom is -0.491 e. The van der Waals surface area contributed by atoms with E-state index in [0.717, 1.165) is 30.8 Å². The first-order chi connectivity index (χ1) is 15.8. The predicted octanol–water partition coefficient (Wildman–Crippen LogP) is 2.85. The molecule has 1 fully saturated rings. The lowest BCUT2D eigenvalue weighted by Crippen LogP contribution is -2.38. The molecule has 3 aromatic rings. The van der Waals surface area contributed by atoms with Crippen molar-refractivity contribution in [3.63, 3.8) is 0 Å². The number of morpholine rings is 1. The van der Waals surface area contributed by atoms with E-state index in [1.807, 2.05) is 0 Å². The van der Waals surface area contributed by atoms with Crippen molar-refractivity contribution in [2.45, 2.75) is 6.36 Å². The van der Waals surface area contributed by atoms with E-state index in [4.69, 9.17) is 9.47 Å². The van der Waals surface area contributed by atoms with Crippen LogP contribution in [0.5, 0.6) is 11.5 Å². The van der Waals surface area contributed by atoms with Gasteiger partial charge in [0.25, 0.3) is 5.56 Å². The highest BCUT2D eigenvalue weighted by Gasteiger charge is 2.31. The van der Waals surface area contributed by atoms with Gasteiger partial charge in [-0.25, -0.2) is 0 Å². The Labute approximate surface area is 187 Å². The van der Waals surface area contributed by atoms with E-state index < -0.39 is 6.36 Å². The lowest BCUT2D eigenvalue weighted by atomic mass is 10.1. The predicted molar refractivity (Wildman–Crippen MR) is 114 cm³/mol. The molecule has 0 radical (unpaired) electrons. The van der Waals surface area contributed by atoms with Crippen LogP contribution in [0.3, 0.4) is 0 Å². The highest BCUT2D eigenvalue weighted by atomic mass is 19.4. The molecule has 8 nitrogen and oxygen atoms in total. The quantitative estimate of drug-likeness (QED) is 0.536. The summed E-state index contributed by atoms with van der Waals surface area (Å²) in [7, 11) is 1.78. The monoisotopic (exact) mass is 464 g/mol. The third-order valence-electron chi connectivity index (χ3n) is 5.15. The van der Waals surface area contributed by atoms with E-state index in [2.05, 4.69) is 14.7 Å². The SMILES string of the molecule is Cn1cc(-c2cn(-c3ccc(OC(F)(F)F)cc3)c(=O)cc2OCCN2CCOCC2)cn1. The van der Waals surface area contributed by atoms with E-state index in [9.17, 15) is 18.0 Å². The van der Waals surface area contributed by atoms with E-state index in [1.165, 1.54) is 22.8 Å². The van der Waals surface area contributed by atoms with E-state index in [-0.39, 0.29) is 11.3 Å². The molecule has 2 aromatic heterocycles. The van der Waals surface area contributed by atoms with Crippen molar-refractivity contribution in [1.29, 1.82) is 0 Å². The van der Waals surface area contributed by atoms with Crippen molar-refractivity contribution >= 4 is 0 Å². The van der Waals surface area contributed by atoms with Gasteiger partial charge in [0.15, 0.2) is 0 Å². The second-order valence-electron chi connectivity index (χ2n) is 7.51. The number of pyridine rings is 1. The van der Waals surface area contributed by atoms with Gasteiger partial charge in [0.05, 0.1) is 19.4 Å². The van der Waals surface area contributed by atoms with Crippen LogP contribution in [0.15, 0.2) is 53.7 Å². The molecule has 0 amide bonds. The van der Waals surface area contributed by atoms with Gasteiger partial charge in [0.2, 0.25) is 0 Å². The summed E-state index contributed by atoms with van der Waals surface area (Å²) in [6.45, 7) is 4.11. The number of nitrogens with zero attached hydrogens (tertiary/aromatic N) is 4. The Bertz CT molecular complexity index is 1140. The molecule has 3 heterocycles. The highest BCUT2D eigenvalue weighted by molar-refractivity contribution is 5.68. The average molecular weight is 464 g/mol. The Morgan fingerprint density at radius 3 is 2.48 bits per heavy atom. The molecule has 0 N–H and O–H groups in total. The van der Waals surface area contributed by atoms with Crippen molar-refractivity contribution in [3.8, 4) is 28.3 Å². The Hall–Kier alpha value is -3.31. The topological polar surface area (TPSA) is 70.8 Å². The number of alkyl halides is 3. The summed E-state index contributed by atoms with van der Waals surface area (Å²) in [5, 5.41) is 4.19. The zero-order chi connectivity index (χ0) is 23.4. The first kappa shape index (κ1) is 22.9. The summed E-state index contributed by atoms with van der Waals surface area (Å²) in [4.78, 5) is 15.1. The maximum Gasteiger partial charge on any atom is 0.573 e. The Morgan fingerprint density at radius 1 is 1.12 bits per heavy atom. The largest absolute Gasteiger partial charge is 0.573 e. The fourth-order valence-electron chi connectivity index (χ4n) is 3.53. The van der Waals surface area contributed by atoms with Gasteiger partial charge in [-0.15, -0.1) is 13.2 Å². The summed E-state index contributed by atoms with van der Waals surface area (Å²) in [5.41, 5.74) is 1.39. The number of benzene rings is 1. The van der Waals surface area contributed by atoms with Gasteiger partial charge in [-0.05, 0) is 24.3 Å². The summed E-state index contributed by atoms with van der Waals surface area (Å²) in [6, 6.07) is 6.46. The molecular formula is C22H23F3N4O4. The summed E-state index contributed by atoms with van der Waals surface area (Å²) in [5.74, 6) is 0.0457. The molecule has 0 atom stereocenters. The average Bonchev–Trinajstić information content (AvgIpc) is 3.20. The third-order valence-corrected chi connectivity index (χ3v) is 5.15. The van der Waals surface area contributed by atoms with Gasteiger partial charge in [0, 0.05) is 62.0 Å². The van der Waals surface area contributed by atoms with Crippen molar-refractivity contribution < 1.29 is 27.4 Å². The molecular weight excluding hydrogens is 441 g/mol. The van der Waals surface area contributed by atoms with Crippen LogP contribution >= 0.6 is 0 Å². The van der Waals surface area contributed by atoms with Crippen molar-refractivity contribution in [2.75, 3.05) is 39.5 Å². The van der Waals surface area contributed by atoms with Crippen LogP contribution in [0.2, 0.25) is 0 Å². The number of aromatic nitrogens is 3. The highest BCUT2D eigenvalue weighted by Crippen LogP contribution is 2.30. The van der Waals surface area contributed by atoms with Gasteiger partial charge >= 0.3 is 6.36 Å². The van der Waals surface area contributed by atoms with Gasteiger partial charge in [-0.3, -0.25) is 18.9 Å². The van der Waals surface area contributed by atoms with Crippen LogP contribution in [0.25, 0.3) is 16.8 Å². The van der Waals surface area contributed by atoms with Crippen molar-refractivity contribution in [3.05, 3.63) is 59.3 Å². The zero-order valence-corrected chi connectivity index (χ0v) is 17.9. The van der Waals surface area contributed by atoms with E-state index in [1.54, 1.807) is 30.3 Å². The fraction of sp³-hybridized carbons (Fsp3) is 0.364. The lowest BCUT2D eigenvalue weighted by molar-refractivity contribution is -0.274. The van der Waals surface area contributed by atoms with Crippen molar-refractivity contribution in [1.82, 2.24) is 19.2 Å². The van der Waals surface area contributed by atoms with Gasteiger partial charge < -0.3 is 14.2 Å². The normalized spacial score (nSPS) is 14.9. The first-order valence-corrected chi connectivity index (χ1v) is 10.3. The number of aryl methyl sites for hydroxylation is 1. The Morgan fingerprint density at radius 2 is 1.85 bits per heavy atom. The fourth-order valence-corrected chi connectivity index (χ4v) is 3.53. The second-order valence-corrected chi connectivity index (χ2v) is 7.51. The third kappa shape index (κ3) is 5.93. The van der Waals surface area contributed by atoms with Crippen LogP contribution in [0.4, 0.5) is 13.2 Å². The number of ether oxygens (including phenoxy) is 3. The number of halogens is 3. The molecule has 0 unspecified atom stereocenters. The molecule has 33 heavy (non-hydrogen) atoms. The van der Waals surface area contributed by atoms with Gasteiger partial charge in [-0.1, -0.05) is 0 Å². The Kier molecular flexibility index (Phi) is 6.70. The number of rotatable bonds is 7. The van der Waals surface area contributed by atoms with Crippen LogP contribution in [-0.2, 0) is 11.8 Å². The molecule has 4 rings (SSSR count). The maximum absolute atomic E-state index is 12.8. The zero-order valence-electron chi connectivity index (χ0n) is 17.9. The second kappa shape index (κ2) is 9.67. The van der Waals surface area contributed by atoms with Gasteiger partial charge in [-0.2, -0.15) is 5.10 Å². The Balaban J connectivity index is 1.60. The summed E-state index contributed by atoms with van der Waals surface area (Å²) < 4.78 is 55.5. The molecule has 11 heteroatoms. The lowest BCUT2D eigenvalue weighted by Gasteiger charge is -2.26. The van der Waals surface area contributed by atoms with E-state index >= 15 is 0 Å². The molecule has 1 aromatic carbocycles. The van der Waals surface area contributed by atoms with Crippen molar-refractivity contribution in [2.24, 2.45) is 7.05 Å². The number of hydrogen-bond acceptors (Lipinski definition) is 6. The molecule has 176 valence electrons. The maximum atomic E-state index is 12.8. The first-order valence-electron chi connectivity index (χ1n) is 10.3. The number of hydrogen-bond donors (Lipinski definition) is 0. The molecule has 0 bridgehead atoms. The standard InChI is InChI=1S/C22H23F3N4O4/c1-27-14-16(13-26-27)19-15-29(17-2-4-18(5-3-17)33-22(23,24)25)21(30)12-20(19)32-11-8-28-6-9-31-10-7-28/h2-5,12-15H,6-11H2,1H3. The summed E-state index contributed by atoms with van der Waals surface area (Å²) in [6.07, 6.45) is 0.258. The van der Waals surface area contributed by atoms with Crippen LogP contribution in [-0.4, -0.2) is 65.1 Å². The smallest absolute Gasteiger partial charge is 0.491 e. The molecule has 0 spiro atoms. The van der Waals surface area contributed by atoms with Gasteiger partial charge in [0.1, 0.15) is 18.1 Å². The minimum absolute atomic E-state index is 0.366. The van der Waals surface area contributed by atoms with E-state index in [0.29, 0.717) is 43.4 Å². The molecule has 0 aliphatic carbocycles. The molecule has 1 aliphatic rings. The molecule has 1 saturated heterocycles. The minimum atomic E-state index is -4.79. The molecule has 1 aliphatic heterocycles.